The summed E-state index contributed by atoms with van der Waals surface area (Å²) >= 11 is 0. The average Bonchev–Trinajstić information content (AvgIpc) is 2.66. The van der Waals surface area contributed by atoms with Gasteiger partial charge in [-0.25, -0.2) is 0 Å². The van der Waals surface area contributed by atoms with Crippen LogP contribution in [0.2, 0.25) is 0 Å². The number of hydrogen-bond donors (Lipinski definition) is 3. The molecular formula is C23H38O5. The van der Waals surface area contributed by atoms with Gasteiger partial charge >= 0.3 is 5.97 Å². The maximum Gasteiger partial charge on any atom is 0.306 e. The Balaban J connectivity index is 2.68. The molecule has 0 saturated carbocycles. The van der Waals surface area contributed by atoms with Crippen LogP contribution in [0.1, 0.15) is 70.9 Å². The lowest BCUT2D eigenvalue weighted by molar-refractivity contribution is -0.146. The predicted octanol–water partition coefficient (Wildman–Crippen LogP) is 4.35. The van der Waals surface area contributed by atoms with Crippen molar-refractivity contribution < 1.29 is 24.9 Å². The lowest BCUT2D eigenvalue weighted by atomic mass is 9.85. The fraction of sp³-hybridized carbons (Fsp3) is 0.696. The van der Waals surface area contributed by atoms with E-state index in [-0.39, 0.29) is 12.3 Å². The van der Waals surface area contributed by atoms with Crippen LogP contribution in [-0.4, -0.2) is 39.6 Å². The molecule has 5 heteroatoms. The minimum absolute atomic E-state index is 0.00853. The van der Waals surface area contributed by atoms with Gasteiger partial charge in [0.25, 0.3) is 0 Å². The van der Waals surface area contributed by atoms with Gasteiger partial charge in [-0.05, 0) is 62.3 Å². The second-order valence-electron chi connectivity index (χ2n) is 7.99. The average molecular weight is 395 g/mol. The molecule has 1 rings (SSSR count). The van der Waals surface area contributed by atoms with Crippen LogP contribution in [-0.2, 0) is 11.2 Å². The Bertz CT molecular complexity index is 601. The molecule has 0 saturated heterocycles. The summed E-state index contributed by atoms with van der Waals surface area (Å²) in [7, 11) is 0. The van der Waals surface area contributed by atoms with Crippen molar-refractivity contribution in [2.24, 2.45) is 11.8 Å². The first-order valence-electron chi connectivity index (χ1n) is 10.6. The Hall–Kier alpha value is -1.59. The second-order valence-corrected chi connectivity index (χ2v) is 7.99. The lowest BCUT2D eigenvalue weighted by Crippen LogP contribution is -2.41. The number of ether oxygens (including phenoxy) is 1. The monoisotopic (exact) mass is 394 g/mol. The molecule has 160 valence electrons. The molecule has 1 aromatic rings. The molecule has 3 N–H and O–H groups in total. The van der Waals surface area contributed by atoms with Gasteiger partial charge < -0.3 is 20.1 Å². The lowest BCUT2D eigenvalue weighted by Gasteiger charge is -2.28. The Kier molecular flexibility index (Phi) is 10.5. The Labute approximate surface area is 169 Å². The maximum atomic E-state index is 11.5. The normalized spacial score (nSPS) is 16.8. The predicted molar refractivity (Wildman–Crippen MR) is 112 cm³/mol. The standard InChI is InChI=1S/C23H38O5/c1-6-8-9-10-18-11-12-19(13-16(18)4)28-17(5)22(25)21(24)14-20(23(26)27)15(3)7-2/h11-13,15,17,20-22,24-25H,6-10,14H2,1-5H3,(H,26,27)/t15?,17?,20?,21?,22-/m0/s1. The number of aliphatic carboxylic acids is 1. The molecule has 0 amide bonds. The van der Waals surface area contributed by atoms with E-state index in [1.54, 1.807) is 6.92 Å². The van der Waals surface area contributed by atoms with Crippen LogP contribution in [0.4, 0.5) is 0 Å². The van der Waals surface area contributed by atoms with Gasteiger partial charge in [-0.2, -0.15) is 0 Å². The molecule has 0 aliphatic heterocycles. The number of carboxylic acids is 1. The summed E-state index contributed by atoms with van der Waals surface area (Å²) in [6.07, 6.45) is 2.37. The van der Waals surface area contributed by atoms with Gasteiger partial charge in [-0.1, -0.05) is 46.1 Å². The van der Waals surface area contributed by atoms with E-state index in [0.717, 1.165) is 12.0 Å². The molecule has 5 nitrogen and oxygen atoms in total. The van der Waals surface area contributed by atoms with Crippen molar-refractivity contribution in [3.63, 3.8) is 0 Å². The largest absolute Gasteiger partial charge is 0.488 e. The van der Waals surface area contributed by atoms with Crippen LogP contribution in [0, 0.1) is 18.8 Å². The van der Waals surface area contributed by atoms with E-state index >= 15 is 0 Å². The third kappa shape index (κ3) is 7.44. The van der Waals surface area contributed by atoms with E-state index in [9.17, 15) is 20.1 Å². The molecule has 0 aliphatic carbocycles. The van der Waals surface area contributed by atoms with Crippen molar-refractivity contribution in [2.45, 2.75) is 91.5 Å². The van der Waals surface area contributed by atoms with Gasteiger partial charge in [0.1, 0.15) is 18.0 Å². The highest BCUT2D eigenvalue weighted by molar-refractivity contribution is 5.70. The van der Waals surface area contributed by atoms with Gasteiger partial charge in [0.2, 0.25) is 0 Å². The summed E-state index contributed by atoms with van der Waals surface area (Å²) in [4.78, 5) is 11.5. The van der Waals surface area contributed by atoms with Gasteiger partial charge in [0.05, 0.1) is 12.0 Å². The Morgan fingerprint density at radius 2 is 1.82 bits per heavy atom. The topological polar surface area (TPSA) is 87.0 Å². The molecule has 0 fully saturated rings. The van der Waals surface area contributed by atoms with Crippen LogP contribution in [0.3, 0.4) is 0 Å². The van der Waals surface area contributed by atoms with Crippen molar-refractivity contribution in [1.29, 1.82) is 0 Å². The highest BCUT2D eigenvalue weighted by atomic mass is 16.5. The van der Waals surface area contributed by atoms with Crippen molar-refractivity contribution in [3.8, 4) is 5.75 Å². The fourth-order valence-electron chi connectivity index (χ4n) is 3.45. The van der Waals surface area contributed by atoms with E-state index < -0.39 is 30.2 Å². The quantitative estimate of drug-likeness (QED) is 0.433. The number of carboxylic acid groups (broad SMARTS) is 1. The summed E-state index contributed by atoms with van der Waals surface area (Å²) in [6, 6.07) is 5.90. The first kappa shape index (κ1) is 24.4. The van der Waals surface area contributed by atoms with E-state index in [4.69, 9.17) is 4.74 Å². The van der Waals surface area contributed by atoms with Crippen LogP contribution >= 0.6 is 0 Å². The van der Waals surface area contributed by atoms with Crippen molar-refractivity contribution in [1.82, 2.24) is 0 Å². The van der Waals surface area contributed by atoms with E-state index in [1.807, 2.05) is 32.9 Å². The van der Waals surface area contributed by atoms with Crippen LogP contribution in [0.5, 0.6) is 5.75 Å². The zero-order valence-corrected chi connectivity index (χ0v) is 18.0. The van der Waals surface area contributed by atoms with Gasteiger partial charge in [-0.3, -0.25) is 4.79 Å². The van der Waals surface area contributed by atoms with Gasteiger partial charge in [0.15, 0.2) is 0 Å². The first-order chi connectivity index (χ1) is 13.2. The summed E-state index contributed by atoms with van der Waals surface area (Å²) in [5, 5.41) is 30.2. The third-order valence-corrected chi connectivity index (χ3v) is 5.70. The Morgan fingerprint density at radius 1 is 1.14 bits per heavy atom. The molecule has 5 atom stereocenters. The molecule has 0 aliphatic rings. The molecule has 0 heterocycles. The third-order valence-electron chi connectivity index (χ3n) is 5.70. The van der Waals surface area contributed by atoms with Crippen LogP contribution in [0.25, 0.3) is 0 Å². The number of rotatable bonds is 13. The number of benzene rings is 1. The van der Waals surface area contributed by atoms with Gasteiger partial charge in [-0.15, -0.1) is 0 Å². The van der Waals surface area contributed by atoms with Crippen LogP contribution in [0.15, 0.2) is 18.2 Å². The number of hydrogen-bond acceptors (Lipinski definition) is 4. The van der Waals surface area contributed by atoms with Gasteiger partial charge in [0, 0.05) is 0 Å². The van der Waals surface area contributed by atoms with E-state index in [0.29, 0.717) is 12.2 Å². The molecule has 0 spiro atoms. The van der Waals surface area contributed by atoms with Crippen molar-refractivity contribution in [3.05, 3.63) is 29.3 Å². The maximum absolute atomic E-state index is 11.5. The van der Waals surface area contributed by atoms with Crippen molar-refractivity contribution in [2.75, 3.05) is 0 Å². The number of carbonyl (C=O) groups is 1. The highest BCUT2D eigenvalue weighted by Crippen LogP contribution is 2.25. The minimum Gasteiger partial charge on any atom is -0.488 e. The SMILES string of the molecule is CCCCCc1ccc(OC(C)[C@H](O)C(O)CC(C(=O)O)C(C)CC)cc1C. The summed E-state index contributed by atoms with van der Waals surface area (Å²) in [6.45, 7) is 9.70. The van der Waals surface area contributed by atoms with E-state index in [2.05, 4.69) is 13.0 Å². The fourth-order valence-corrected chi connectivity index (χ4v) is 3.45. The number of aryl methyl sites for hydroxylation is 2. The van der Waals surface area contributed by atoms with Crippen molar-refractivity contribution >= 4 is 5.97 Å². The smallest absolute Gasteiger partial charge is 0.306 e. The highest BCUT2D eigenvalue weighted by Gasteiger charge is 2.32. The van der Waals surface area contributed by atoms with E-state index in [1.165, 1.54) is 24.8 Å². The minimum atomic E-state index is -1.16. The molecule has 4 unspecified atom stereocenters. The number of unbranched alkanes of at least 4 members (excludes halogenated alkanes) is 2. The molecule has 1 aromatic carbocycles. The summed E-state index contributed by atoms with van der Waals surface area (Å²) in [5.74, 6) is -1.05. The number of aliphatic hydroxyl groups excluding tert-OH is 2. The van der Waals surface area contributed by atoms with Crippen LogP contribution < -0.4 is 4.74 Å². The molecular weight excluding hydrogens is 356 g/mol. The Morgan fingerprint density at radius 3 is 2.36 bits per heavy atom. The summed E-state index contributed by atoms with van der Waals surface area (Å²) in [5.41, 5.74) is 2.45. The zero-order valence-electron chi connectivity index (χ0n) is 18.0. The first-order valence-corrected chi connectivity index (χ1v) is 10.6. The summed E-state index contributed by atoms with van der Waals surface area (Å²) < 4.78 is 5.83. The molecule has 28 heavy (non-hydrogen) atoms. The molecule has 0 radical (unpaired) electrons. The second kappa shape index (κ2) is 12.1. The molecule has 0 bridgehead atoms. The number of aliphatic hydroxyl groups is 2. The zero-order chi connectivity index (χ0) is 21.3. The molecule has 0 aromatic heterocycles.